The van der Waals surface area contributed by atoms with Gasteiger partial charge < -0.3 is 4.74 Å². The second kappa shape index (κ2) is 6.20. The van der Waals surface area contributed by atoms with Crippen LogP contribution in [0.3, 0.4) is 0 Å². The monoisotopic (exact) mass is 261 g/mol. The number of hydrogen-bond acceptors (Lipinski definition) is 3. The fourth-order valence-corrected chi connectivity index (χ4v) is 2.84. The van der Waals surface area contributed by atoms with Crippen molar-refractivity contribution in [2.24, 2.45) is 0 Å². The highest BCUT2D eigenvalue weighted by Crippen LogP contribution is 2.23. The molecule has 0 aromatic heterocycles. The third-order valence-electron chi connectivity index (χ3n) is 3.66. The van der Waals surface area contributed by atoms with Gasteiger partial charge >= 0.3 is 0 Å². The number of ketones is 1. The first-order chi connectivity index (χ1) is 9.11. The summed E-state index contributed by atoms with van der Waals surface area (Å²) in [5, 5.41) is 0. The first kappa shape index (κ1) is 14.1. The van der Waals surface area contributed by atoms with Crippen LogP contribution in [0, 0.1) is 13.8 Å². The summed E-state index contributed by atoms with van der Waals surface area (Å²) in [7, 11) is 0. The summed E-state index contributed by atoms with van der Waals surface area (Å²) in [5.74, 6) is 1.09. The molecule has 1 aromatic rings. The first-order valence-corrected chi connectivity index (χ1v) is 7.11. The van der Waals surface area contributed by atoms with Crippen molar-refractivity contribution in [1.82, 2.24) is 4.90 Å². The summed E-state index contributed by atoms with van der Waals surface area (Å²) in [4.78, 5) is 14.7. The summed E-state index contributed by atoms with van der Waals surface area (Å²) in [6, 6.07) is 3.93. The van der Waals surface area contributed by atoms with Crippen LogP contribution in [-0.4, -0.2) is 36.9 Å². The van der Waals surface area contributed by atoms with Crippen LogP contribution >= 0.6 is 0 Å². The molecule has 1 heterocycles. The number of carbonyl (C=O) groups excluding carboxylic acids is 1. The van der Waals surface area contributed by atoms with E-state index in [0.29, 0.717) is 13.2 Å². The summed E-state index contributed by atoms with van der Waals surface area (Å²) in [6.45, 7) is 9.27. The number of hydrogen-bond donors (Lipinski definition) is 0. The highest BCUT2D eigenvalue weighted by Gasteiger charge is 2.19. The van der Waals surface area contributed by atoms with Crippen LogP contribution in [0.15, 0.2) is 12.1 Å². The molecule has 0 radical (unpaired) electrons. The van der Waals surface area contributed by atoms with Crippen LogP contribution in [0.4, 0.5) is 0 Å². The molecular formula is C16H23NO2. The van der Waals surface area contributed by atoms with Crippen LogP contribution in [0.2, 0.25) is 0 Å². The van der Waals surface area contributed by atoms with E-state index < -0.39 is 0 Å². The van der Waals surface area contributed by atoms with Crippen LogP contribution in [0.1, 0.15) is 41.3 Å². The van der Waals surface area contributed by atoms with Crippen LogP contribution in [0.5, 0.6) is 5.75 Å². The Balaban J connectivity index is 2.16. The number of Topliss-reactive ketones (excluding diaryl/α,β-unsaturated/α-hetero) is 1. The molecular weight excluding hydrogens is 238 g/mol. The Hall–Kier alpha value is -1.35. The van der Waals surface area contributed by atoms with E-state index in [1.807, 2.05) is 32.9 Å². The molecule has 0 bridgehead atoms. The maximum atomic E-state index is 12.4. The topological polar surface area (TPSA) is 29.5 Å². The normalized spacial score (nSPS) is 15.7. The van der Waals surface area contributed by atoms with E-state index in [1.165, 1.54) is 12.8 Å². The Morgan fingerprint density at radius 2 is 1.79 bits per heavy atom. The zero-order valence-electron chi connectivity index (χ0n) is 12.2. The van der Waals surface area contributed by atoms with E-state index in [1.54, 1.807) is 0 Å². The number of rotatable bonds is 5. The number of benzene rings is 1. The predicted octanol–water partition coefficient (Wildman–Crippen LogP) is 2.98. The molecule has 3 heteroatoms. The van der Waals surface area contributed by atoms with E-state index >= 15 is 0 Å². The number of nitrogens with zero attached hydrogens (tertiary/aromatic N) is 1. The summed E-state index contributed by atoms with van der Waals surface area (Å²) in [5.41, 5.74) is 2.91. The molecule has 0 aliphatic carbocycles. The van der Waals surface area contributed by atoms with E-state index in [2.05, 4.69) is 4.90 Å². The lowest BCUT2D eigenvalue weighted by molar-refractivity contribution is 0.0944. The SMILES string of the molecule is CCOc1cc(C)c(C(=O)CN2CCCC2)c(C)c1. The van der Waals surface area contributed by atoms with Gasteiger partial charge in [-0.15, -0.1) is 0 Å². The van der Waals surface area contributed by atoms with Crippen molar-refractivity contribution in [2.45, 2.75) is 33.6 Å². The van der Waals surface area contributed by atoms with Gasteiger partial charge in [0.2, 0.25) is 0 Å². The van der Waals surface area contributed by atoms with Crippen molar-refractivity contribution in [3.63, 3.8) is 0 Å². The van der Waals surface area contributed by atoms with Gasteiger partial charge in [-0.2, -0.15) is 0 Å². The molecule has 104 valence electrons. The Morgan fingerprint density at radius 1 is 1.21 bits per heavy atom. The third-order valence-corrected chi connectivity index (χ3v) is 3.66. The molecule has 0 amide bonds. The van der Waals surface area contributed by atoms with Gasteiger partial charge in [0.15, 0.2) is 5.78 Å². The van der Waals surface area contributed by atoms with E-state index in [0.717, 1.165) is 35.5 Å². The van der Waals surface area contributed by atoms with Gasteiger partial charge in [-0.25, -0.2) is 0 Å². The fraction of sp³-hybridized carbons (Fsp3) is 0.562. The Kier molecular flexibility index (Phi) is 4.59. The number of carbonyl (C=O) groups is 1. The molecule has 1 aliphatic heterocycles. The maximum Gasteiger partial charge on any atom is 0.177 e. The molecule has 1 aliphatic rings. The molecule has 0 atom stereocenters. The molecule has 1 aromatic carbocycles. The van der Waals surface area contributed by atoms with Crippen LogP contribution < -0.4 is 4.74 Å². The molecule has 2 rings (SSSR count). The lowest BCUT2D eigenvalue weighted by atomic mass is 9.98. The predicted molar refractivity (Wildman–Crippen MR) is 77.1 cm³/mol. The Labute approximate surface area is 115 Å². The zero-order chi connectivity index (χ0) is 13.8. The van der Waals surface area contributed by atoms with Gasteiger partial charge in [0, 0.05) is 5.56 Å². The second-order valence-corrected chi connectivity index (χ2v) is 5.27. The second-order valence-electron chi connectivity index (χ2n) is 5.27. The average molecular weight is 261 g/mol. The maximum absolute atomic E-state index is 12.4. The van der Waals surface area contributed by atoms with Gasteiger partial charge in [0.25, 0.3) is 0 Å². The van der Waals surface area contributed by atoms with Gasteiger partial charge in [0.05, 0.1) is 13.2 Å². The molecule has 3 nitrogen and oxygen atoms in total. The lowest BCUT2D eigenvalue weighted by Crippen LogP contribution is -2.27. The molecule has 1 saturated heterocycles. The van der Waals surface area contributed by atoms with E-state index in [4.69, 9.17) is 4.74 Å². The van der Waals surface area contributed by atoms with Crippen molar-refractivity contribution in [3.05, 3.63) is 28.8 Å². The lowest BCUT2D eigenvalue weighted by Gasteiger charge is -2.16. The first-order valence-electron chi connectivity index (χ1n) is 7.11. The standard InChI is InChI=1S/C16H23NO2/c1-4-19-14-9-12(2)16(13(3)10-14)15(18)11-17-7-5-6-8-17/h9-10H,4-8,11H2,1-3H3. The van der Waals surface area contributed by atoms with Gasteiger partial charge in [-0.05, 0) is 70.0 Å². The van der Waals surface area contributed by atoms with Crippen molar-refractivity contribution in [3.8, 4) is 5.75 Å². The molecule has 0 spiro atoms. The van der Waals surface area contributed by atoms with Gasteiger partial charge in [0.1, 0.15) is 5.75 Å². The quantitative estimate of drug-likeness (QED) is 0.763. The Morgan fingerprint density at radius 3 is 2.32 bits per heavy atom. The molecule has 19 heavy (non-hydrogen) atoms. The number of ether oxygens (including phenoxy) is 1. The minimum absolute atomic E-state index is 0.236. The average Bonchev–Trinajstić information content (AvgIpc) is 2.81. The van der Waals surface area contributed by atoms with Crippen molar-refractivity contribution < 1.29 is 9.53 Å². The highest BCUT2D eigenvalue weighted by atomic mass is 16.5. The molecule has 0 unspecified atom stereocenters. The largest absolute Gasteiger partial charge is 0.494 e. The summed E-state index contributed by atoms with van der Waals surface area (Å²) in [6.07, 6.45) is 2.43. The highest BCUT2D eigenvalue weighted by molar-refractivity contribution is 6.00. The van der Waals surface area contributed by atoms with E-state index in [-0.39, 0.29) is 5.78 Å². The Bertz CT molecular complexity index is 439. The minimum atomic E-state index is 0.236. The van der Waals surface area contributed by atoms with Crippen molar-refractivity contribution in [1.29, 1.82) is 0 Å². The minimum Gasteiger partial charge on any atom is -0.494 e. The summed E-state index contributed by atoms with van der Waals surface area (Å²) >= 11 is 0. The third kappa shape index (κ3) is 3.35. The van der Waals surface area contributed by atoms with Gasteiger partial charge in [-0.3, -0.25) is 9.69 Å². The molecule has 0 saturated carbocycles. The van der Waals surface area contributed by atoms with Crippen LogP contribution in [-0.2, 0) is 0 Å². The summed E-state index contributed by atoms with van der Waals surface area (Å²) < 4.78 is 5.51. The molecule has 0 N–H and O–H groups in total. The number of aryl methyl sites for hydroxylation is 2. The van der Waals surface area contributed by atoms with Crippen molar-refractivity contribution >= 4 is 5.78 Å². The smallest absolute Gasteiger partial charge is 0.177 e. The van der Waals surface area contributed by atoms with Crippen LogP contribution in [0.25, 0.3) is 0 Å². The number of likely N-dealkylation sites (tertiary alicyclic amines) is 1. The van der Waals surface area contributed by atoms with Crippen molar-refractivity contribution in [2.75, 3.05) is 26.2 Å². The zero-order valence-corrected chi connectivity index (χ0v) is 12.2. The fourth-order valence-electron chi connectivity index (χ4n) is 2.84. The van der Waals surface area contributed by atoms with Gasteiger partial charge in [-0.1, -0.05) is 0 Å². The molecule has 1 fully saturated rings. The van der Waals surface area contributed by atoms with E-state index in [9.17, 15) is 4.79 Å².